The van der Waals surface area contributed by atoms with Gasteiger partial charge in [-0.3, -0.25) is 9.59 Å². The molecule has 1 aromatic heterocycles. The van der Waals surface area contributed by atoms with Gasteiger partial charge < -0.3 is 20.5 Å². The van der Waals surface area contributed by atoms with Gasteiger partial charge in [-0.15, -0.1) is 0 Å². The lowest BCUT2D eigenvalue weighted by atomic mass is 10.1. The Hall–Kier alpha value is -3.58. The van der Waals surface area contributed by atoms with Crippen LogP contribution in [0.15, 0.2) is 54.6 Å². The van der Waals surface area contributed by atoms with Crippen molar-refractivity contribution in [3.63, 3.8) is 0 Å². The molecule has 0 bridgehead atoms. The van der Waals surface area contributed by atoms with Gasteiger partial charge in [0.15, 0.2) is 5.78 Å². The van der Waals surface area contributed by atoms with Gasteiger partial charge >= 0.3 is 6.03 Å². The number of fused-ring (bicyclic) bond motifs is 1. The monoisotopic (exact) mass is 436 g/mol. The number of primary amides is 1. The molecule has 1 aliphatic heterocycles. The van der Waals surface area contributed by atoms with Crippen molar-refractivity contribution in [1.29, 1.82) is 0 Å². The van der Waals surface area contributed by atoms with Gasteiger partial charge in [-0.25, -0.2) is 4.79 Å². The summed E-state index contributed by atoms with van der Waals surface area (Å²) in [5, 5.41) is 3.13. The van der Waals surface area contributed by atoms with Crippen LogP contribution in [0.4, 0.5) is 10.5 Å². The van der Waals surface area contributed by atoms with E-state index in [-0.39, 0.29) is 23.9 Å². The van der Waals surface area contributed by atoms with E-state index in [0.717, 1.165) is 11.3 Å². The molecule has 0 aliphatic carbocycles. The molecule has 2 aromatic carbocycles. The van der Waals surface area contributed by atoms with Gasteiger partial charge in [-0.2, -0.15) is 0 Å². The maximum atomic E-state index is 12.8. The third-order valence-electron chi connectivity index (χ3n) is 5.37. The van der Waals surface area contributed by atoms with Crippen molar-refractivity contribution >= 4 is 35.0 Å². The summed E-state index contributed by atoms with van der Waals surface area (Å²) >= 11 is 6.58. The first-order valence-electron chi connectivity index (χ1n) is 9.80. The highest BCUT2D eigenvalue weighted by Crippen LogP contribution is 2.37. The van der Waals surface area contributed by atoms with E-state index in [9.17, 15) is 14.4 Å². The number of Topliss-reactive ketones (excluding diaryl/α,β-unsaturated/α-hetero) is 1. The van der Waals surface area contributed by atoms with Gasteiger partial charge in [0.25, 0.3) is 5.91 Å². The molecule has 0 saturated carbocycles. The average Bonchev–Trinajstić information content (AvgIpc) is 3.05. The average molecular weight is 437 g/mol. The first-order valence-corrected chi connectivity index (χ1v) is 10.2. The molecule has 31 heavy (non-hydrogen) atoms. The van der Waals surface area contributed by atoms with Crippen molar-refractivity contribution in [2.24, 2.45) is 5.73 Å². The molecule has 1 aliphatic rings. The molecule has 0 saturated heterocycles. The number of nitrogens with zero attached hydrogens (tertiary/aromatic N) is 2. The zero-order valence-corrected chi connectivity index (χ0v) is 17.6. The molecule has 0 radical (unpaired) electrons. The number of benzene rings is 2. The summed E-state index contributed by atoms with van der Waals surface area (Å²) in [5.74, 6) is -0.669. The van der Waals surface area contributed by atoms with Gasteiger partial charge in [0.2, 0.25) is 0 Å². The predicted octanol–water partition coefficient (Wildman–Crippen LogP) is 4.16. The molecule has 0 spiro atoms. The van der Waals surface area contributed by atoms with Gasteiger partial charge in [0.05, 0.1) is 28.5 Å². The molecule has 3 N–H and O–H groups in total. The Morgan fingerprint density at radius 1 is 1.00 bits per heavy atom. The van der Waals surface area contributed by atoms with Crippen molar-refractivity contribution in [1.82, 2.24) is 9.47 Å². The summed E-state index contributed by atoms with van der Waals surface area (Å²) < 4.78 is 1.96. The number of nitrogens with one attached hydrogen (secondary N) is 1. The molecule has 0 unspecified atom stereocenters. The quantitative estimate of drug-likeness (QED) is 0.601. The van der Waals surface area contributed by atoms with Gasteiger partial charge in [0, 0.05) is 24.3 Å². The molecule has 4 rings (SSSR count). The van der Waals surface area contributed by atoms with Crippen LogP contribution in [-0.4, -0.2) is 33.7 Å². The third kappa shape index (κ3) is 3.92. The minimum atomic E-state index is -0.627. The van der Waals surface area contributed by atoms with Crippen molar-refractivity contribution in [2.45, 2.75) is 20.0 Å². The smallest absolute Gasteiger partial charge is 0.322 e. The topological polar surface area (TPSA) is 97.4 Å². The summed E-state index contributed by atoms with van der Waals surface area (Å²) in [6.07, 6.45) is 0. The van der Waals surface area contributed by atoms with E-state index in [0.29, 0.717) is 35.1 Å². The number of hydrogen-bond donors (Lipinski definition) is 2. The first-order chi connectivity index (χ1) is 14.9. The van der Waals surface area contributed by atoms with E-state index in [4.69, 9.17) is 17.3 Å². The molecule has 3 amide bonds. The number of amides is 3. The summed E-state index contributed by atoms with van der Waals surface area (Å²) in [6.45, 7) is 2.60. The van der Waals surface area contributed by atoms with Crippen LogP contribution in [0, 0.1) is 0 Å². The summed E-state index contributed by atoms with van der Waals surface area (Å²) in [4.78, 5) is 38.0. The fourth-order valence-electron chi connectivity index (χ4n) is 3.82. The number of hydrogen-bond acceptors (Lipinski definition) is 3. The summed E-state index contributed by atoms with van der Waals surface area (Å²) in [6, 6.07) is 15.9. The van der Waals surface area contributed by atoms with Crippen LogP contribution < -0.4 is 11.1 Å². The van der Waals surface area contributed by atoms with Crippen molar-refractivity contribution in [3.8, 4) is 11.3 Å². The second-order valence-corrected chi connectivity index (χ2v) is 7.73. The van der Waals surface area contributed by atoms with Crippen molar-refractivity contribution < 1.29 is 14.4 Å². The molecule has 2 heterocycles. The SMILES string of the molecule is CC(=O)c1ccc(NC(=O)N2CCn3c(c(C(N)=O)c(Cl)c3-c3ccccc3)C2)cc1. The van der Waals surface area contributed by atoms with Gasteiger partial charge in [-0.1, -0.05) is 41.9 Å². The van der Waals surface area contributed by atoms with Crippen LogP contribution in [-0.2, 0) is 13.1 Å². The fourth-order valence-corrected chi connectivity index (χ4v) is 4.23. The molecule has 0 fully saturated rings. The van der Waals surface area contributed by atoms with Crippen molar-refractivity contribution in [3.05, 3.63) is 76.4 Å². The fraction of sp³-hybridized carbons (Fsp3) is 0.174. The van der Waals surface area contributed by atoms with Crippen LogP contribution in [0.1, 0.15) is 33.3 Å². The van der Waals surface area contributed by atoms with Gasteiger partial charge in [-0.05, 0) is 36.8 Å². The van der Waals surface area contributed by atoms with Crippen LogP contribution in [0.2, 0.25) is 5.02 Å². The predicted molar refractivity (Wildman–Crippen MR) is 119 cm³/mol. The number of rotatable bonds is 4. The number of nitrogens with two attached hydrogens (primary N) is 1. The number of aromatic nitrogens is 1. The lowest BCUT2D eigenvalue weighted by molar-refractivity contribution is 0.0993. The first kappa shape index (κ1) is 20.7. The molecule has 8 heteroatoms. The second kappa shape index (κ2) is 8.28. The van der Waals surface area contributed by atoms with E-state index in [1.54, 1.807) is 29.2 Å². The number of ketones is 1. The zero-order chi connectivity index (χ0) is 22.1. The Kier molecular flexibility index (Phi) is 5.52. The number of carbonyl (C=O) groups excluding carboxylic acids is 3. The molecule has 0 atom stereocenters. The van der Waals surface area contributed by atoms with E-state index in [1.807, 2.05) is 34.9 Å². The minimum Gasteiger partial charge on any atom is -0.365 e. The summed E-state index contributed by atoms with van der Waals surface area (Å²) in [7, 11) is 0. The maximum Gasteiger partial charge on any atom is 0.322 e. The molecular formula is C23H21ClN4O3. The van der Waals surface area contributed by atoms with Crippen LogP contribution in [0.3, 0.4) is 0 Å². The van der Waals surface area contributed by atoms with E-state index in [1.165, 1.54) is 6.92 Å². The van der Waals surface area contributed by atoms with E-state index >= 15 is 0 Å². The number of urea groups is 1. The highest BCUT2D eigenvalue weighted by atomic mass is 35.5. The minimum absolute atomic E-state index is 0.0419. The molecular weight excluding hydrogens is 416 g/mol. The second-order valence-electron chi connectivity index (χ2n) is 7.35. The van der Waals surface area contributed by atoms with E-state index < -0.39 is 5.91 Å². The molecule has 3 aromatic rings. The Labute approximate surface area is 184 Å². The Morgan fingerprint density at radius 3 is 2.29 bits per heavy atom. The Bertz CT molecular complexity index is 1170. The molecule has 7 nitrogen and oxygen atoms in total. The standard InChI is InChI=1S/C23H21ClN4O3/c1-14(29)15-7-9-17(10-8-15)26-23(31)27-11-12-28-18(13-27)19(22(25)30)20(24)21(28)16-5-3-2-4-6-16/h2-10H,11-13H2,1H3,(H2,25,30)(H,26,31). The number of anilines is 1. The Morgan fingerprint density at radius 2 is 1.68 bits per heavy atom. The largest absolute Gasteiger partial charge is 0.365 e. The Balaban J connectivity index is 1.61. The highest BCUT2D eigenvalue weighted by molar-refractivity contribution is 6.36. The van der Waals surface area contributed by atoms with Crippen molar-refractivity contribution in [2.75, 3.05) is 11.9 Å². The summed E-state index contributed by atoms with van der Waals surface area (Å²) in [5.41, 5.74) is 9.24. The van der Waals surface area contributed by atoms with E-state index in [2.05, 4.69) is 5.32 Å². The lowest BCUT2D eigenvalue weighted by Crippen LogP contribution is -2.41. The van der Waals surface area contributed by atoms with Crippen LogP contribution in [0.25, 0.3) is 11.3 Å². The number of halogens is 1. The van der Waals surface area contributed by atoms with Gasteiger partial charge in [0.1, 0.15) is 0 Å². The zero-order valence-electron chi connectivity index (χ0n) is 16.9. The maximum absolute atomic E-state index is 12.8. The third-order valence-corrected chi connectivity index (χ3v) is 5.74. The molecule has 158 valence electrons. The van der Waals surface area contributed by atoms with Crippen LogP contribution >= 0.6 is 11.6 Å². The number of carbonyl (C=O) groups is 3. The highest BCUT2D eigenvalue weighted by Gasteiger charge is 2.31. The van der Waals surface area contributed by atoms with Crippen LogP contribution in [0.5, 0.6) is 0 Å². The lowest BCUT2D eigenvalue weighted by Gasteiger charge is -2.30. The normalized spacial score (nSPS) is 12.9.